The van der Waals surface area contributed by atoms with Crippen LogP contribution in [0.1, 0.15) is 11.8 Å². The number of hydrogen-bond acceptors (Lipinski definition) is 6. The number of hydrogen-bond donors (Lipinski definition) is 2. The number of nitrogens with one attached hydrogen (secondary N) is 2. The van der Waals surface area contributed by atoms with Crippen molar-refractivity contribution in [1.82, 2.24) is 4.98 Å². The minimum atomic E-state index is -0.529. The molecule has 23 heavy (non-hydrogen) atoms. The van der Waals surface area contributed by atoms with Crippen molar-refractivity contribution in [1.29, 1.82) is 0 Å². The third-order valence-electron chi connectivity index (χ3n) is 3.17. The Hall–Kier alpha value is -2.61. The molecule has 1 aromatic carbocycles. The number of benzene rings is 1. The van der Waals surface area contributed by atoms with E-state index in [1.165, 1.54) is 11.3 Å². The third-order valence-corrected chi connectivity index (χ3v) is 4.05. The smallest absolute Gasteiger partial charge is 0.413 e. The molecule has 0 aliphatic carbocycles. The predicted molar refractivity (Wildman–Crippen MR) is 87.1 cm³/mol. The Balaban J connectivity index is 1.87. The van der Waals surface area contributed by atoms with Gasteiger partial charge in [-0.05, 0) is 32.0 Å². The molecule has 120 valence electrons. The number of nitrogens with zero attached hydrogens (tertiary/aromatic N) is 1. The summed E-state index contributed by atoms with van der Waals surface area (Å²) >= 11 is 1.36. The van der Waals surface area contributed by atoms with E-state index in [0.717, 1.165) is 16.1 Å². The molecule has 0 spiro atoms. The van der Waals surface area contributed by atoms with Gasteiger partial charge in [-0.15, -0.1) is 11.3 Å². The number of fused-ring (bicyclic) bond motifs is 1. The van der Waals surface area contributed by atoms with E-state index in [-0.39, 0.29) is 12.5 Å². The van der Waals surface area contributed by atoms with Crippen LogP contribution >= 0.6 is 11.3 Å². The van der Waals surface area contributed by atoms with Crippen LogP contribution in [0.3, 0.4) is 0 Å². The van der Waals surface area contributed by atoms with Gasteiger partial charge in [0.1, 0.15) is 5.75 Å². The summed E-state index contributed by atoms with van der Waals surface area (Å²) in [4.78, 5) is 28.3. The Bertz CT molecular complexity index is 772. The lowest BCUT2D eigenvalue weighted by atomic mass is 10.1. The number of anilines is 2. The molecule has 0 radical (unpaired) electrons. The molecule has 3 rings (SSSR count). The van der Waals surface area contributed by atoms with Crippen LogP contribution in [0.25, 0.3) is 11.3 Å². The fraction of sp³-hybridized carbons (Fsp3) is 0.267. The SMILES string of the molecule is CCOC(=O)Nc1nc(-c2ccc3c(c2)NC(=O)CO3)c(C)s1. The van der Waals surface area contributed by atoms with E-state index in [2.05, 4.69) is 15.6 Å². The molecule has 0 saturated heterocycles. The van der Waals surface area contributed by atoms with Gasteiger partial charge in [0.25, 0.3) is 5.91 Å². The maximum absolute atomic E-state index is 11.5. The molecule has 1 aromatic heterocycles. The molecule has 0 saturated carbocycles. The maximum Gasteiger partial charge on any atom is 0.413 e. The molecule has 2 heterocycles. The summed E-state index contributed by atoms with van der Waals surface area (Å²) in [7, 11) is 0. The summed E-state index contributed by atoms with van der Waals surface area (Å²) < 4.78 is 10.2. The van der Waals surface area contributed by atoms with Gasteiger partial charge in [0.2, 0.25) is 0 Å². The standard InChI is InChI=1S/C15H15N3O4S/c1-3-21-15(20)18-14-17-13(8(2)23-14)9-4-5-11-10(6-9)16-12(19)7-22-11/h4-6H,3,7H2,1-2H3,(H,16,19)(H,17,18,20). The minimum Gasteiger partial charge on any atom is -0.482 e. The van der Waals surface area contributed by atoms with Crippen molar-refractivity contribution in [2.75, 3.05) is 23.8 Å². The number of amides is 2. The second-order valence-corrected chi connectivity index (χ2v) is 6.02. The molecular formula is C15H15N3O4S. The number of aryl methyl sites for hydroxylation is 1. The first kappa shape index (κ1) is 15.3. The van der Waals surface area contributed by atoms with Gasteiger partial charge in [-0.3, -0.25) is 10.1 Å². The molecule has 0 bridgehead atoms. The van der Waals surface area contributed by atoms with Crippen molar-refractivity contribution in [3.8, 4) is 17.0 Å². The lowest BCUT2D eigenvalue weighted by molar-refractivity contribution is -0.118. The van der Waals surface area contributed by atoms with Crippen molar-refractivity contribution in [2.45, 2.75) is 13.8 Å². The summed E-state index contributed by atoms with van der Waals surface area (Å²) in [5.74, 6) is 0.445. The van der Waals surface area contributed by atoms with Gasteiger partial charge < -0.3 is 14.8 Å². The van der Waals surface area contributed by atoms with Gasteiger partial charge in [-0.25, -0.2) is 9.78 Å². The van der Waals surface area contributed by atoms with Crippen LogP contribution in [0.15, 0.2) is 18.2 Å². The number of carbonyl (C=O) groups excluding carboxylic acids is 2. The van der Waals surface area contributed by atoms with Crippen LogP contribution in [-0.4, -0.2) is 30.2 Å². The molecule has 0 fully saturated rings. The summed E-state index contributed by atoms with van der Waals surface area (Å²) in [6.45, 7) is 3.97. The van der Waals surface area contributed by atoms with E-state index in [1.807, 2.05) is 19.1 Å². The zero-order valence-electron chi connectivity index (χ0n) is 12.6. The number of ether oxygens (including phenoxy) is 2. The highest BCUT2D eigenvalue weighted by Crippen LogP contribution is 2.36. The van der Waals surface area contributed by atoms with Crippen molar-refractivity contribution >= 4 is 34.2 Å². The molecule has 0 unspecified atom stereocenters. The van der Waals surface area contributed by atoms with Crippen LogP contribution in [0.5, 0.6) is 5.75 Å². The summed E-state index contributed by atoms with van der Waals surface area (Å²) in [5.41, 5.74) is 2.19. The van der Waals surface area contributed by atoms with E-state index < -0.39 is 6.09 Å². The first-order valence-electron chi connectivity index (χ1n) is 7.05. The summed E-state index contributed by atoms with van der Waals surface area (Å²) in [5, 5.41) is 5.83. The van der Waals surface area contributed by atoms with Crippen molar-refractivity contribution in [3.05, 3.63) is 23.1 Å². The minimum absolute atomic E-state index is 0.0235. The lowest BCUT2D eigenvalue weighted by Gasteiger charge is -2.18. The predicted octanol–water partition coefficient (Wildman–Crippen LogP) is 3.02. The van der Waals surface area contributed by atoms with E-state index in [1.54, 1.807) is 13.0 Å². The van der Waals surface area contributed by atoms with Gasteiger partial charge in [0.15, 0.2) is 11.7 Å². The zero-order chi connectivity index (χ0) is 16.4. The third kappa shape index (κ3) is 3.26. The monoisotopic (exact) mass is 333 g/mol. The van der Waals surface area contributed by atoms with Crippen LogP contribution in [0.2, 0.25) is 0 Å². The second kappa shape index (κ2) is 6.25. The Kier molecular flexibility index (Phi) is 4.16. The number of rotatable bonds is 3. The highest BCUT2D eigenvalue weighted by molar-refractivity contribution is 7.16. The molecule has 2 amide bonds. The van der Waals surface area contributed by atoms with E-state index in [4.69, 9.17) is 9.47 Å². The van der Waals surface area contributed by atoms with Gasteiger partial charge in [-0.1, -0.05) is 0 Å². The van der Waals surface area contributed by atoms with E-state index in [9.17, 15) is 9.59 Å². The maximum atomic E-state index is 11.5. The van der Waals surface area contributed by atoms with Gasteiger partial charge in [0, 0.05) is 10.4 Å². The molecule has 0 atom stereocenters. The normalized spacial score (nSPS) is 12.9. The van der Waals surface area contributed by atoms with Gasteiger partial charge >= 0.3 is 6.09 Å². The van der Waals surface area contributed by atoms with Crippen LogP contribution < -0.4 is 15.4 Å². The molecule has 1 aliphatic rings. The molecule has 2 N–H and O–H groups in total. The highest BCUT2D eigenvalue weighted by Gasteiger charge is 2.18. The molecule has 7 nitrogen and oxygen atoms in total. The molecule has 1 aliphatic heterocycles. The quantitative estimate of drug-likeness (QED) is 0.901. The van der Waals surface area contributed by atoms with E-state index >= 15 is 0 Å². The Morgan fingerprint density at radius 3 is 3.13 bits per heavy atom. The van der Waals surface area contributed by atoms with Crippen molar-refractivity contribution in [3.63, 3.8) is 0 Å². The molecule has 2 aromatic rings. The Morgan fingerprint density at radius 2 is 2.35 bits per heavy atom. The average Bonchev–Trinajstić information content (AvgIpc) is 2.87. The van der Waals surface area contributed by atoms with Crippen LogP contribution in [-0.2, 0) is 9.53 Å². The summed E-state index contributed by atoms with van der Waals surface area (Å²) in [6, 6.07) is 5.47. The Morgan fingerprint density at radius 1 is 1.52 bits per heavy atom. The van der Waals surface area contributed by atoms with Crippen LogP contribution in [0.4, 0.5) is 15.6 Å². The highest BCUT2D eigenvalue weighted by atomic mass is 32.1. The van der Waals surface area contributed by atoms with Crippen LogP contribution in [0, 0.1) is 6.92 Å². The second-order valence-electron chi connectivity index (χ2n) is 4.82. The first-order valence-corrected chi connectivity index (χ1v) is 7.86. The topological polar surface area (TPSA) is 89.5 Å². The molecule has 8 heteroatoms. The van der Waals surface area contributed by atoms with Gasteiger partial charge in [0.05, 0.1) is 18.0 Å². The van der Waals surface area contributed by atoms with Crippen molar-refractivity contribution < 1.29 is 19.1 Å². The summed E-state index contributed by atoms with van der Waals surface area (Å²) in [6.07, 6.45) is -0.529. The largest absolute Gasteiger partial charge is 0.482 e. The van der Waals surface area contributed by atoms with Crippen molar-refractivity contribution in [2.24, 2.45) is 0 Å². The fourth-order valence-corrected chi connectivity index (χ4v) is 3.02. The first-order chi connectivity index (χ1) is 11.1. The average molecular weight is 333 g/mol. The molecular weight excluding hydrogens is 318 g/mol. The Labute approximate surface area is 136 Å². The lowest BCUT2D eigenvalue weighted by Crippen LogP contribution is -2.25. The number of thiazole rings is 1. The zero-order valence-corrected chi connectivity index (χ0v) is 13.5. The fourth-order valence-electron chi connectivity index (χ4n) is 2.20. The number of aromatic nitrogens is 1. The van der Waals surface area contributed by atoms with E-state index in [0.29, 0.717) is 23.2 Å². The number of carbonyl (C=O) groups is 2. The van der Waals surface area contributed by atoms with Gasteiger partial charge in [-0.2, -0.15) is 0 Å².